The predicted octanol–water partition coefficient (Wildman–Crippen LogP) is 4.12. The summed E-state index contributed by atoms with van der Waals surface area (Å²) in [6.07, 6.45) is 7.95. The summed E-state index contributed by atoms with van der Waals surface area (Å²) >= 11 is 1.70. The maximum Gasteiger partial charge on any atom is 0.172 e. The lowest BCUT2D eigenvalue weighted by Crippen LogP contribution is -1.97. The van der Waals surface area contributed by atoms with E-state index in [1.54, 1.807) is 11.8 Å². The van der Waals surface area contributed by atoms with Gasteiger partial charge in [0.25, 0.3) is 0 Å². The van der Waals surface area contributed by atoms with E-state index in [4.69, 9.17) is 0 Å². The van der Waals surface area contributed by atoms with Crippen LogP contribution < -0.4 is 0 Å². The van der Waals surface area contributed by atoms with E-state index in [-0.39, 0.29) is 0 Å². The molecule has 0 atom stereocenters. The molecule has 23 heavy (non-hydrogen) atoms. The monoisotopic (exact) mass is 320 g/mol. The van der Waals surface area contributed by atoms with Crippen molar-refractivity contribution >= 4 is 17.4 Å². The molecule has 114 valence electrons. The highest BCUT2D eigenvalue weighted by molar-refractivity contribution is 7.98. The van der Waals surface area contributed by atoms with Crippen molar-refractivity contribution < 1.29 is 0 Å². The Morgan fingerprint density at radius 2 is 1.91 bits per heavy atom. The van der Waals surface area contributed by atoms with Crippen molar-refractivity contribution in [1.82, 2.24) is 18.9 Å². The topological polar surface area (TPSA) is 35.1 Å². The number of hydrogen-bond donors (Lipinski definition) is 0. The molecule has 0 saturated carbocycles. The molecule has 0 saturated heterocycles. The van der Waals surface area contributed by atoms with Gasteiger partial charge >= 0.3 is 0 Å². The van der Waals surface area contributed by atoms with Gasteiger partial charge in [-0.2, -0.15) is 0 Å². The average Bonchev–Trinajstić information content (AvgIpc) is 3.19. The van der Waals surface area contributed by atoms with E-state index >= 15 is 0 Å². The molecule has 4 nitrogen and oxygen atoms in total. The smallest absolute Gasteiger partial charge is 0.172 e. The number of para-hydroxylation sites is 1. The van der Waals surface area contributed by atoms with E-state index in [0.717, 1.165) is 22.3 Å². The largest absolute Gasteiger partial charge is 0.307 e. The van der Waals surface area contributed by atoms with E-state index in [1.165, 1.54) is 11.3 Å². The third kappa shape index (κ3) is 2.75. The lowest BCUT2D eigenvalue weighted by molar-refractivity contribution is 0.887. The Bertz CT molecular complexity index is 921. The van der Waals surface area contributed by atoms with Crippen LogP contribution in [0.2, 0.25) is 0 Å². The number of fused-ring (bicyclic) bond motifs is 1. The minimum atomic E-state index is 0.796. The third-order valence-corrected chi connectivity index (χ3v) is 4.75. The molecule has 0 amide bonds. The zero-order valence-corrected chi connectivity index (χ0v) is 13.6. The Hall–Kier alpha value is -2.53. The average molecular weight is 320 g/mol. The van der Waals surface area contributed by atoms with Gasteiger partial charge in [0.05, 0.1) is 11.4 Å². The first kappa shape index (κ1) is 14.1. The molecule has 0 aliphatic heterocycles. The molecule has 4 aromatic rings. The van der Waals surface area contributed by atoms with Gasteiger partial charge in [0.15, 0.2) is 5.16 Å². The fourth-order valence-electron chi connectivity index (χ4n) is 2.61. The van der Waals surface area contributed by atoms with Crippen LogP contribution in [0.4, 0.5) is 0 Å². The Balaban J connectivity index is 1.58. The van der Waals surface area contributed by atoms with Crippen LogP contribution in [-0.2, 0) is 5.75 Å². The van der Waals surface area contributed by atoms with Crippen molar-refractivity contribution in [1.29, 1.82) is 0 Å². The molecular weight excluding hydrogens is 304 g/mol. The molecule has 3 aromatic heterocycles. The van der Waals surface area contributed by atoms with Crippen molar-refractivity contribution in [2.75, 3.05) is 0 Å². The highest BCUT2D eigenvalue weighted by Crippen LogP contribution is 2.25. The first-order chi connectivity index (χ1) is 11.3. The molecule has 0 fully saturated rings. The van der Waals surface area contributed by atoms with Crippen molar-refractivity contribution in [3.63, 3.8) is 0 Å². The van der Waals surface area contributed by atoms with Crippen molar-refractivity contribution in [2.45, 2.75) is 17.8 Å². The van der Waals surface area contributed by atoms with Gasteiger partial charge in [-0.05, 0) is 30.7 Å². The Labute approximate surface area is 138 Å². The van der Waals surface area contributed by atoms with Crippen LogP contribution in [0.15, 0.2) is 72.4 Å². The number of rotatable bonds is 4. The first-order valence-corrected chi connectivity index (χ1v) is 8.44. The van der Waals surface area contributed by atoms with E-state index in [0.29, 0.717) is 0 Å². The second kappa shape index (κ2) is 5.93. The molecule has 0 aliphatic rings. The Morgan fingerprint density at radius 3 is 2.78 bits per heavy atom. The van der Waals surface area contributed by atoms with Gasteiger partial charge in [0.1, 0.15) is 5.65 Å². The van der Waals surface area contributed by atoms with Crippen LogP contribution >= 0.6 is 11.8 Å². The van der Waals surface area contributed by atoms with E-state index in [2.05, 4.69) is 51.9 Å². The highest BCUT2D eigenvalue weighted by Gasteiger charge is 2.09. The summed E-state index contributed by atoms with van der Waals surface area (Å²) in [7, 11) is 0. The quantitative estimate of drug-likeness (QED) is 0.531. The summed E-state index contributed by atoms with van der Waals surface area (Å²) in [5.41, 5.74) is 4.44. The maximum atomic E-state index is 4.64. The number of aromatic nitrogens is 4. The lowest BCUT2D eigenvalue weighted by Gasteiger charge is -2.09. The summed E-state index contributed by atoms with van der Waals surface area (Å²) in [6.45, 7) is 2.12. The second-order valence-corrected chi connectivity index (χ2v) is 6.30. The third-order valence-electron chi connectivity index (χ3n) is 3.74. The predicted molar refractivity (Wildman–Crippen MR) is 93.1 cm³/mol. The maximum absolute atomic E-state index is 4.64. The van der Waals surface area contributed by atoms with Gasteiger partial charge < -0.3 is 4.40 Å². The molecule has 0 spiro atoms. The second-order valence-electron chi connectivity index (χ2n) is 5.35. The summed E-state index contributed by atoms with van der Waals surface area (Å²) < 4.78 is 4.18. The summed E-state index contributed by atoms with van der Waals surface area (Å²) in [5, 5.41) is 0.983. The molecule has 0 radical (unpaired) electrons. The van der Waals surface area contributed by atoms with Gasteiger partial charge in [0.2, 0.25) is 0 Å². The molecular formula is C18H16N4S. The Morgan fingerprint density at radius 1 is 1.04 bits per heavy atom. The lowest BCUT2D eigenvalue weighted by atomic mass is 10.2. The van der Waals surface area contributed by atoms with Gasteiger partial charge in [-0.15, -0.1) is 0 Å². The fraction of sp³-hybridized carbons (Fsp3) is 0.111. The molecule has 0 unspecified atom stereocenters. The van der Waals surface area contributed by atoms with Crippen LogP contribution in [0.5, 0.6) is 0 Å². The molecule has 1 aromatic carbocycles. The number of imidazole rings is 2. The number of thioether (sulfide) groups is 1. The standard InChI is InChI=1S/C18H16N4S/c1-14-6-2-3-7-16(14)22-11-9-19-18(22)23-13-15-12-21-10-5-4-8-17(21)20-15/h2-12H,13H2,1H3. The van der Waals surface area contributed by atoms with Gasteiger partial charge in [-0.25, -0.2) is 9.97 Å². The summed E-state index contributed by atoms with van der Waals surface area (Å²) in [5.74, 6) is 0.796. The van der Waals surface area contributed by atoms with Crippen molar-refractivity contribution in [2.24, 2.45) is 0 Å². The zero-order valence-electron chi connectivity index (χ0n) is 12.8. The van der Waals surface area contributed by atoms with Crippen molar-refractivity contribution in [3.8, 4) is 5.69 Å². The molecule has 3 heterocycles. The van der Waals surface area contributed by atoms with E-state index < -0.39 is 0 Å². The summed E-state index contributed by atoms with van der Waals surface area (Å²) in [4.78, 5) is 9.13. The van der Waals surface area contributed by atoms with Crippen LogP contribution in [0.25, 0.3) is 11.3 Å². The molecule has 0 bridgehead atoms. The fourth-order valence-corrected chi connectivity index (χ4v) is 3.46. The van der Waals surface area contributed by atoms with Gasteiger partial charge in [-0.3, -0.25) is 4.57 Å². The van der Waals surface area contributed by atoms with E-state index in [9.17, 15) is 0 Å². The first-order valence-electron chi connectivity index (χ1n) is 7.46. The SMILES string of the molecule is Cc1ccccc1-n1ccnc1SCc1cn2ccccc2n1. The van der Waals surface area contributed by atoms with Gasteiger partial charge in [0, 0.05) is 30.5 Å². The Kier molecular flexibility index (Phi) is 3.63. The van der Waals surface area contributed by atoms with Crippen LogP contribution in [0.3, 0.4) is 0 Å². The van der Waals surface area contributed by atoms with E-state index in [1.807, 2.05) is 41.2 Å². The number of hydrogen-bond acceptors (Lipinski definition) is 3. The van der Waals surface area contributed by atoms with Gasteiger partial charge in [-0.1, -0.05) is 36.0 Å². The molecule has 0 aliphatic carbocycles. The minimum absolute atomic E-state index is 0.796. The zero-order chi connectivity index (χ0) is 15.6. The normalized spacial score (nSPS) is 11.2. The number of nitrogens with zero attached hydrogens (tertiary/aromatic N) is 4. The molecule has 5 heteroatoms. The van der Waals surface area contributed by atoms with Crippen LogP contribution in [0, 0.1) is 6.92 Å². The number of pyridine rings is 1. The molecule has 0 N–H and O–H groups in total. The van der Waals surface area contributed by atoms with Crippen LogP contribution in [0.1, 0.15) is 11.3 Å². The number of benzene rings is 1. The number of aryl methyl sites for hydroxylation is 1. The molecule has 4 rings (SSSR count). The van der Waals surface area contributed by atoms with Crippen LogP contribution in [-0.4, -0.2) is 18.9 Å². The minimum Gasteiger partial charge on any atom is -0.307 e. The summed E-state index contributed by atoms with van der Waals surface area (Å²) in [6, 6.07) is 14.4. The van der Waals surface area contributed by atoms with Crippen molar-refractivity contribution in [3.05, 3.63) is 78.5 Å². The highest BCUT2D eigenvalue weighted by atomic mass is 32.2.